The molecule has 16 heavy (non-hydrogen) atoms. The molecule has 0 saturated heterocycles. The summed E-state index contributed by atoms with van der Waals surface area (Å²) in [5.74, 6) is -0.180. The molecular weight excluding hydrogens is 206 g/mol. The second kappa shape index (κ2) is 5.07. The lowest BCUT2D eigenvalue weighted by molar-refractivity contribution is -0.385. The second-order valence-corrected chi connectivity index (χ2v) is 4.07. The lowest BCUT2D eigenvalue weighted by Crippen LogP contribution is -2.15. The van der Waals surface area contributed by atoms with Crippen LogP contribution in [0.3, 0.4) is 0 Å². The van der Waals surface area contributed by atoms with Gasteiger partial charge in [0.1, 0.15) is 0 Å². The summed E-state index contributed by atoms with van der Waals surface area (Å²) in [4.78, 5) is 10.5. The molecule has 0 aliphatic heterocycles. The van der Waals surface area contributed by atoms with Crippen molar-refractivity contribution >= 4 is 5.69 Å². The van der Waals surface area contributed by atoms with Crippen molar-refractivity contribution in [3.05, 3.63) is 39.4 Å². The first-order valence-electron chi connectivity index (χ1n) is 5.40. The van der Waals surface area contributed by atoms with Gasteiger partial charge < -0.3 is 5.11 Å². The van der Waals surface area contributed by atoms with Crippen LogP contribution < -0.4 is 0 Å². The molecule has 0 bridgehead atoms. The number of rotatable bonds is 4. The predicted molar refractivity (Wildman–Crippen MR) is 62.5 cm³/mol. The highest BCUT2D eigenvalue weighted by Gasteiger charge is 2.24. The maximum atomic E-state index is 10.9. The second-order valence-electron chi connectivity index (χ2n) is 4.07. The molecule has 2 unspecified atom stereocenters. The van der Waals surface area contributed by atoms with Crippen molar-refractivity contribution in [1.29, 1.82) is 0 Å². The molecule has 4 heteroatoms. The van der Waals surface area contributed by atoms with E-state index in [2.05, 4.69) is 0 Å². The summed E-state index contributed by atoms with van der Waals surface area (Å²) in [5, 5.41) is 20.5. The Morgan fingerprint density at radius 2 is 2.12 bits per heavy atom. The largest absolute Gasteiger partial charge is 0.393 e. The Morgan fingerprint density at radius 1 is 1.50 bits per heavy atom. The molecule has 1 aromatic rings. The van der Waals surface area contributed by atoms with Crippen molar-refractivity contribution in [2.24, 2.45) is 0 Å². The van der Waals surface area contributed by atoms with Crippen LogP contribution in [0.25, 0.3) is 0 Å². The quantitative estimate of drug-likeness (QED) is 0.630. The van der Waals surface area contributed by atoms with Crippen LogP contribution in [-0.2, 0) is 0 Å². The van der Waals surface area contributed by atoms with Crippen LogP contribution in [0.1, 0.15) is 37.3 Å². The molecule has 2 atom stereocenters. The van der Waals surface area contributed by atoms with E-state index in [0.717, 1.165) is 5.56 Å². The Morgan fingerprint density at radius 3 is 2.56 bits per heavy atom. The first-order chi connectivity index (χ1) is 7.47. The normalized spacial score (nSPS) is 14.5. The highest BCUT2D eigenvalue weighted by atomic mass is 16.6. The van der Waals surface area contributed by atoms with Gasteiger partial charge in [-0.15, -0.1) is 0 Å². The van der Waals surface area contributed by atoms with Gasteiger partial charge in [0, 0.05) is 17.5 Å². The number of hydrogen-bond acceptors (Lipinski definition) is 3. The molecule has 1 N–H and O–H groups in total. The lowest BCUT2D eigenvalue weighted by atomic mass is 9.89. The molecule has 0 amide bonds. The molecule has 4 nitrogen and oxygen atoms in total. The van der Waals surface area contributed by atoms with Crippen molar-refractivity contribution in [3.63, 3.8) is 0 Å². The van der Waals surface area contributed by atoms with Crippen LogP contribution in [0.15, 0.2) is 18.2 Å². The van der Waals surface area contributed by atoms with Gasteiger partial charge in [0.15, 0.2) is 0 Å². The Balaban J connectivity index is 3.27. The maximum absolute atomic E-state index is 10.9. The van der Waals surface area contributed by atoms with Crippen molar-refractivity contribution in [2.45, 2.75) is 39.2 Å². The van der Waals surface area contributed by atoms with Crippen molar-refractivity contribution in [1.82, 2.24) is 0 Å². The van der Waals surface area contributed by atoms with Crippen LogP contribution in [0.4, 0.5) is 5.69 Å². The zero-order chi connectivity index (χ0) is 12.3. The Hall–Kier alpha value is -1.42. The fourth-order valence-electron chi connectivity index (χ4n) is 1.96. The number of aliphatic hydroxyl groups excluding tert-OH is 1. The van der Waals surface area contributed by atoms with Gasteiger partial charge in [-0.05, 0) is 26.3 Å². The Kier molecular flexibility index (Phi) is 4.01. The van der Waals surface area contributed by atoms with Crippen molar-refractivity contribution < 1.29 is 10.0 Å². The minimum absolute atomic E-state index is 0.0957. The highest BCUT2D eigenvalue weighted by molar-refractivity contribution is 5.45. The topological polar surface area (TPSA) is 63.4 Å². The Bertz CT molecular complexity index is 388. The molecular formula is C12H17NO3. The fraction of sp³-hybridized carbons (Fsp3) is 0.500. The number of nitro groups is 1. The van der Waals surface area contributed by atoms with E-state index in [1.165, 1.54) is 6.07 Å². The van der Waals surface area contributed by atoms with Gasteiger partial charge in [-0.25, -0.2) is 0 Å². The van der Waals surface area contributed by atoms with Gasteiger partial charge in [0.2, 0.25) is 0 Å². The number of nitrogens with zero attached hydrogens (tertiary/aromatic N) is 1. The Labute approximate surface area is 95.1 Å². The standard InChI is InChI=1S/C12H17NO3/c1-4-10(9(3)14)11-7-8(2)5-6-12(11)13(15)16/h5-7,9-10,14H,4H2,1-3H3. The SMILES string of the molecule is CCC(c1cc(C)ccc1[N+](=O)[O-])C(C)O. The molecule has 1 rings (SSSR count). The van der Waals surface area contributed by atoms with E-state index in [0.29, 0.717) is 12.0 Å². The molecule has 0 saturated carbocycles. The average Bonchev–Trinajstić information content (AvgIpc) is 2.17. The van der Waals surface area contributed by atoms with Gasteiger partial charge >= 0.3 is 0 Å². The zero-order valence-corrected chi connectivity index (χ0v) is 9.80. The van der Waals surface area contributed by atoms with Gasteiger partial charge in [-0.1, -0.05) is 18.6 Å². The number of aliphatic hydroxyl groups is 1. The number of aryl methyl sites for hydroxylation is 1. The highest BCUT2D eigenvalue weighted by Crippen LogP contribution is 2.32. The summed E-state index contributed by atoms with van der Waals surface area (Å²) < 4.78 is 0. The first kappa shape index (κ1) is 12.6. The summed E-state index contributed by atoms with van der Waals surface area (Å²) in [7, 11) is 0. The average molecular weight is 223 g/mol. The van der Waals surface area contributed by atoms with Crippen LogP contribution in [0, 0.1) is 17.0 Å². The molecule has 0 radical (unpaired) electrons. The molecule has 0 fully saturated rings. The molecule has 88 valence electrons. The lowest BCUT2D eigenvalue weighted by Gasteiger charge is -2.18. The summed E-state index contributed by atoms with van der Waals surface area (Å²) in [6, 6.07) is 5.02. The number of hydrogen-bond donors (Lipinski definition) is 1. The van der Waals surface area contributed by atoms with Crippen molar-refractivity contribution in [2.75, 3.05) is 0 Å². The number of benzene rings is 1. The van der Waals surface area contributed by atoms with Crippen LogP contribution in [0.2, 0.25) is 0 Å². The first-order valence-corrected chi connectivity index (χ1v) is 5.40. The van der Waals surface area contributed by atoms with E-state index in [-0.39, 0.29) is 16.5 Å². The molecule has 0 heterocycles. The maximum Gasteiger partial charge on any atom is 0.272 e. The molecule has 0 aromatic heterocycles. The molecule has 0 aliphatic rings. The van der Waals surface area contributed by atoms with Crippen LogP contribution >= 0.6 is 0 Å². The van der Waals surface area contributed by atoms with Gasteiger partial charge in [-0.2, -0.15) is 0 Å². The summed E-state index contributed by atoms with van der Waals surface area (Å²) in [6.07, 6.45) is 0.104. The molecule has 0 aliphatic carbocycles. The van der Waals surface area contributed by atoms with Crippen molar-refractivity contribution in [3.8, 4) is 0 Å². The minimum atomic E-state index is -0.578. The third-order valence-electron chi connectivity index (χ3n) is 2.80. The van der Waals surface area contributed by atoms with Crippen LogP contribution in [0.5, 0.6) is 0 Å². The van der Waals surface area contributed by atoms with E-state index < -0.39 is 6.10 Å². The van der Waals surface area contributed by atoms with Gasteiger partial charge in [0.25, 0.3) is 5.69 Å². The third-order valence-corrected chi connectivity index (χ3v) is 2.80. The van der Waals surface area contributed by atoms with Gasteiger partial charge in [0.05, 0.1) is 11.0 Å². The van der Waals surface area contributed by atoms with E-state index in [9.17, 15) is 15.2 Å². The zero-order valence-electron chi connectivity index (χ0n) is 9.80. The van der Waals surface area contributed by atoms with E-state index >= 15 is 0 Å². The van der Waals surface area contributed by atoms with E-state index in [1.807, 2.05) is 13.8 Å². The number of nitro benzene ring substituents is 1. The summed E-state index contributed by atoms with van der Waals surface area (Å²) in [6.45, 7) is 5.48. The molecule has 0 spiro atoms. The predicted octanol–water partition coefficient (Wildman–Crippen LogP) is 2.78. The monoisotopic (exact) mass is 223 g/mol. The fourth-order valence-corrected chi connectivity index (χ4v) is 1.96. The minimum Gasteiger partial charge on any atom is -0.393 e. The van der Waals surface area contributed by atoms with E-state index in [1.54, 1.807) is 19.1 Å². The van der Waals surface area contributed by atoms with E-state index in [4.69, 9.17) is 0 Å². The van der Waals surface area contributed by atoms with Gasteiger partial charge in [-0.3, -0.25) is 10.1 Å². The summed E-state index contributed by atoms with van der Waals surface area (Å²) in [5.41, 5.74) is 1.69. The molecule has 1 aromatic carbocycles. The smallest absolute Gasteiger partial charge is 0.272 e. The third kappa shape index (κ3) is 2.58. The van der Waals surface area contributed by atoms with Crippen LogP contribution in [-0.4, -0.2) is 16.1 Å². The summed E-state index contributed by atoms with van der Waals surface area (Å²) >= 11 is 0.